The Bertz CT molecular complexity index is 1030. The topological polar surface area (TPSA) is 83.6 Å². The maximum absolute atomic E-state index is 12.8. The number of carbonyl (C=O) groups is 2. The first-order valence-corrected chi connectivity index (χ1v) is 9.13. The summed E-state index contributed by atoms with van der Waals surface area (Å²) in [6.45, 7) is 1.18. The molecule has 10 heteroatoms. The zero-order valence-electron chi connectivity index (χ0n) is 13.8. The first-order valence-electron chi connectivity index (χ1n) is 7.69. The van der Waals surface area contributed by atoms with E-state index in [1.165, 1.54) is 37.3 Å². The number of halogens is 3. The molecule has 0 unspecified atom stereocenters. The van der Waals surface area contributed by atoms with Gasteiger partial charge in [-0.25, -0.2) is 12.7 Å². The molecule has 1 aliphatic heterocycles. The molecular formula is C17H13F3N2O4S. The highest BCUT2D eigenvalue weighted by molar-refractivity contribution is 7.90. The van der Waals surface area contributed by atoms with Crippen LogP contribution in [0.3, 0.4) is 0 Å². The first-order chi connectivity index (χ1) is 12.5. The second-order valence-corrected chi connectivity index (χ2v) is 7.63. The third-order valence-corrected chi connectivity index (χ3v) is 5.95. The van der Waals surface area contributed by atoms with Crippen molar-refractivity contribution < 1.29 is 31.2 Å². The van der Waals surface area contributed by atoms with Gasteiger partial charge in [0.15, 0.2) is 0 Å². The van der Waals surface area contributed by atoms with E-state index in [0.717, 1.165) is 18.2 Å². The summed E-state index contributed by atoms with van der Waals surface area (Å²) in [5.41, 5.74) is -1.19. The highest BCUT2D eigenvalue weighted by atomic mass is 32.2. The van der Waals surface area contributed by atoms with E-state index in [2.05, 4.69) is 5.32 Å². The highest BCUT2D eigenvalue weighted by Crippen LogP contribution is 2.33. The molecule has 2 amide bonds. The first kappa shape index (κ1) is 18.9. The molecule has 0 aromatic heterocycles. The molecule has 0 saturated carbocycles. The molecule has 1 atom stereocenters. The molecule has 2 aromatic rings. The van der Waals surface area contributed by atoms with Gasteiger partial charge in [0.1, 0.15) is 10.9 Å². The van der Waals surface area contributed by atoms with Crippen molar-refractivity contribution in [3.8, 4) is 0 Å². The van der Waals surface area contributed by atoms with Crippen molar-refractivity contribution in [1.29, 1.82) is 0 Å². The molecule has 0 bridgehead atoms. The Kier molecular flexibility index (Phi) is 4.46. The smallest absolute Gasteiger partial charge is 0.324 e. The minimum atomic E-state index is -4.59. The van der Waals surface area contributed by atoms with E-state index >= 15 is 0 Å². The zero-order valence-corrected chi connectivity index (χ0v) is 14.6. The molecule has 2 aromatic carbocycles. The van der Waals surface area contributed by atoms with Crippen LogP contribution in [0.15, 0.2) is 53.4 Å². The van der Waals surface area contributed by atoms with Crippen molar-refractivity contribution in [1.82, 2.24) is 4.31 Å². The summed E-state index contributed by atoms with van der Waals surface area (Å²) in [7, 11) is -4.22. The van der Waals surface area contributed by atoms with Crippen LogP contribution in [0.1, 0.15) is 22.8 Å². The minimum Gasteiger partial charge on any atom is -0.324 e. The molecule has 0 aliphatic carbocycles. The van der Waals surface area contributed by atoms with Gasteiger partial charge in [-0.15, -0.1) is 0 Å². The number of amides is 2. The fourth-order valence-electron chi connectivity index (χ4n) is 2.71. The standard InChI is InChI=1S/C17H13F3N2O4S/c1-10(15(23)21-12-6-4-5-11(9-12)17(18,19)20)22-16(24)13-7-2-3-8-14(13)27(22,25)26/h2-10H,1H3,(H,21,23)/t10-/m1/s1. The van der Waals surface area contributed by atoms with Crippen molar-refractivity contribution in [2.24, 2.45) is 0 Å². The van der Waals surface area contributed by atoms with Crippen LogP contribution in [0.5, 0.6) is 0 Å². The van der Waals surface area contributed by atoms with Crippen molar-refractivity contribution in [2.75, 3.05) is 5.32 Å². The molecule has 3 rings (SSSR count). The second-order valence-electron chi connectivity index (χ2n) is 5.85. The van der Waals surface area contributed by atoms with Gasteiger partial charge in [-0.1, -0.05) is 18.2 Å². The molecule has 6 nitrogen and oxygen atoms in total. The quantitative estimate of drug-likeness (QED) is 0.862. The number of nitrogens with one attached hydrogen (secondary N) is 1. The van der Waals surface area contributed by atoms with E-state index in [1.54, 1.807) is 0 Å². The molecular weight excluding hydrogens is 385 g/mol. The van der Waals surface area contributed by atoms with Gasteiger partial charge in [-0.3, -0.25) is 9.59 Å². The molecule has 1 N–H and O–H groups in total. The van der Waals surface area contributed by atoms with Crippen LogP contribution in [-0.4, -0.2) is 30.6 Å². The summed E-state index contributed by atoms with van der Waals surface area (Å²) in [5.74, 6) is -1.80. The third kappa shape index (κ3) is 3.27. The molecule has 1 aliphatic rings. The molecule has 27 heavy (non-hydrogen) atoms. The largest absolute Gasteiger partial charge is 0.416 e. The van der Waals surface area contributed by atoms with Crippen LogP contribution in [0.4, 0.5) is 18.9 Å². The summed E-state index contributed by atoms with van der Waals surface area (Å²) >= 11 is 0. The van der Waals surface area contributed by atoms with E-state index in [9.17, 15) is 31.2 Å². The molecule has 142 valence electrons. The number of sulfonamides is 1. The number of hydrogen-bond acceptors (Lipinski definition) is 4. The lowest BCUT2D eigenvalue weighted by Gasteiger charge is -2.22. The van der Waals surface area contributed by atoms with Crippen LogP contribution >= 0.6 is 0 Å². The summed E-state index contributed by atoms with van der Waals surface area (Å²) in [6, 6.07) is 7.95. The van der Waals surface area contributed by atoms with Gasteiger partial charge >= 0.3 is 6.18 Å². The number of fused-ring (bicyclic) bond motifs is 1. The number of hydrogen-bond donors (Lipinski definition) is 1. The Labute approximate surface area is 152 Å². The van der Waals surface area contributed by atoms with E-state index in [-0.39, 0.29) is 16.1 Å². The fraction of sp³-hybridized carbons (Fsp3) is 0.176. The number of benzene rings is 2. The van der Waals surface area contributed by atoms with Crippen molar-refractivity contribution in [3.05, 3.63) is 59.7 Å². The monoisotopic (exact) mass is 398 g/mol. The molecule has 0 spiro atoms. The fourth-order valence-corrected chi connectivity index (χ4v) is 4.44. The SMILES string of the molecule is C[C@H](C(=O)Nc1cccc(C(F)(F)F)c1)N1C(=O)c2ccccc2S1(=O)=O. The number of alkyl halides is 3. The van der Waals surface area contributed by atoms with Crippen LogP contribution in [-0.2, 0) is 21.0 Å². The number of rotatable bonds is 3. The predicted octanol–water partition coefficient (Wildman–Crippen LogP) is 2.88. The second kappa shape index (κ2) is 6.38. The maximum atomic E-state index is 12.8. The number of carbonyl (C=O) groups excluding carboxylic acids is 2. The summed E-state index contributed by atoms with van der Waals surface area (Å²) in [6.07, 6.45) is -4.59. The van der Waals surface area contributed by atoms with Gasteiger partial charge in [-0.2, -0.15) is 13.2 Å². The van der Waals surface area contributed by atoms with E-state index in [4.69, 9.17) is 0 Å². The average Bonchev–Trinajstić information content (AvgIpc) is 2.80. The molecule has 0 saturated heterocycles. The summed E-state index contributed by atoms with van der Waals surface area (Å²) in [5, 5.41) is 2.22. The van der Waals surface area contributed by atoms with Crippen LogP contribution in [0, 0.1) is 0 Å². The Morgan fingerprint density at radius 3 is 2.41 bits per heavy atom. The Hall–Kier alpha value is -2.88. The zero-order chi connectivity index (χ0) is 20.0. The van der Waals surface area contributed by atoms with E-state index in [1.807, 2.05) is 0 Å². The van der Waals surface area contributed by atoms with Crippen LogP contribution in [0.25, 0.3) is 0 Å². The van der Waals surface area contributed by atoms with Crippen molar-refractivity contribution >= 4 is 27.5 Å². The normalized spacial score (nSPS) is 16.7. The predicted molar refractivity (Wildman–Crippen MR) is 89.3 cm³/mol. The molecule has 0 fully saturated rings. The summed E-state index contributed by atoms with van der Waals surface area (Å²) < 4.78 is 63.8. The maximum Gasteiger partial charge on any atom is 0.416 e. The van der Waals surface area contributed by atoms with Gasteiger partial charge < -0.3 is 5.32 Å². The van der Waals surface area contributed by atoms with Crippen molar-refractivity contribution in [3.63, 3.8) is 0 Å². The average molecular weight is 398 g/mol. The number of nitrogens with zero attached hydrogens (tertiary/aromatic N) is 1. The van der Waals surface area contributed by atoms with Crippen LogP contribution < -0.4 is 5.32 Å². The lowest BCUT2D eigenvalue weighted by atomic mass is 10.1. The van der Waals surface area contributed by atoms with Gasteiger partial charge in [0.05, 0.1) is 11.1 Å². The minimum absolute atomic E-state index is 0.0591. The Morgan fingerprint density at radius 1 is 1.11 bits per heavy atom. The van der Waals surface area contributed by atoms with Gasteiger partial charge in [0.25, 0.3) is 15.9 Å². The van der Waals surface area contributed by atoms with E-state index in [0.29, 0.717) is 4.31 Å². The van der Waals surface area contributed by atoms with Gasteiger partial charge in [-0.05, 0) is 37.3 Å². The van der Waals surface area contributed by atoms with Gasteiger partial charge in [0.2, 0.25) is 5.91 Å². The van der Waals surface area contributed by atoms with E-state index < -0.39 is 39.6 Å². The Balaban J connectivity index is 1.86. The number of anilines is 1. The van der Waals surface area contributed by atoms with Crippen LogP contribution in [0.2, 0.25) is 0 Å². The third-order valence-electron chi connectivity index (χ3n) is 4.04. The highest BCUT2D eigenvalue weighted by Gasteiger charge is 2.45. The van der Waals surface area contributed by atoms with Gasteiger partial charge in [0, 0.05) is 5.69 Å². The molecule has 1 heterocycles. The lowest BCUT2D eigenvalue weighted by molar-refractivity contribution is -0.137. The molecule has 0 radical (unpaired) electrons. The summed E-state index contributed by atoms with van der Waals surface area (Å²) in [4.78, 5) is 24.6. The Morgan fingerprint density at radius 2 is 1.78 bits per heavy atom. The lowest BCUT2D eigenvalue weighted by Crippen LogP contribution is -2.45. The van der Waals surface area contributed by atoms with Crippen molar-refractivity contribution in [2.45, 2.75) is 24.0 Å².